The van der Waals surface area contributed by atoms with Gasteiger partial charge in [0.05, 0.1) is 26.7 Å². The molecular formula is C16H31N2+. The molecule has 0 aromatic carbocycles. The third-order valence-electron chi connectivity index (χ3n) is 5.74. The highest BCUT2D eigenvalue weighted by molar-refractivity contribution is 4.83. The molecule has 2 heteroatoms. The van der Waals surface area contributed by atoms with Crippen LogP contribution in [0.4, 0.5) is 0 Å². The summed E-state index contributed by atoms with van der Waals surface area (Å²) in [6.07, 6.45) is 10.4. The lowest BCUT2D eigenvalue weighted by Gasteiger charge is -2.41. The van der Waals surface area contributed by atoms with E-state index >= 15 is 0 Å². The van der Waals surface area contributed by atoms with E-state index in [4.69, 9.17) is 0 Å². The zero-order valence-electron chi connectivity index (χ0n) is 12.2. The molecule has 0 amide bonds. The van der Waals surface area contributed by atoms with Crippen molar-refractivity contribution in [2.75, 3.05) is 46.3 Å². The van der Waals surface area contributed by atoms with Gasteiger partial charge in [0.1, 0.15) is 0 Å². The second kappa shape index (κ2) is 5.50. The molecule has 3 rings (SSSR count). The first-order valence-electron chi connectivity index (χ1n) is 8.29. The third-order valence-corrected chi connectivity index (χ3v) is 5.74. The van der Waals surface area contributed by atoms with Crippen molar-refractivity contribution in [1.82, 2.24) is 4.90 Å². The Morgan fingerprint density at radius 1 is 1.00 bits per heavy atom. The summed E-state index contributed by atoms with van der Waals surface area (Å²) in [4.78, 5) is 2.79. The molecule has 1 saturated carbocycles. The number of rotatable bonds is 4. The van der Waals surface area contributed by atoms with E-state index in [0.29, 0.717) is 0 Å². The van der Waals surface area contributed by atoms with Gasteiger partial charge in [0.15, 0.2) is 0 Å². The van der Waals surface area contributed by atoms with Crippen LogP contribution in [0.25, 0.3) is 0 Å². The molecule has 2 aliphatic heterocycles. The Bertz CT molecular complexity index is 258. The first-order chi connectivity index (χ1) is 8.73. The van der Waals surface area contributed by atoms with Gasteiger partial charge in [-0.1, -0.05) is 6.42 Å². The van der Waals surface area contributed by atoms with Crippen molar-refractivity contribution < 1.29 is 4.48 Å². The molecule has 0 spiro atoms. The van der Waals surface area contributed by atoms with Gasteiger partial charge in [0.25, 0.3) is 0 Å². The summed E-state index contributed by atoms with van der Waals surface area (Å²) in [6, 6.07) is 0. The van der Waals surface area contributed by atoms with Crippen LogP contribution in [0.1, 0.15) is 44.9 Å². The molecule has 0 aromatic heterocycles. The largest absolute Gasteiger partial charge is 0.326 e. The summed E-state index contributed by atoms with van der Waals surface area (Å²) in [5.41, 5.74) is 0. The first kappa shape index (κ1) is 12.9. The van der Waals surface area contributed by atoms with Crippen molar-refractivity contribution in [3.8, 4) is 0 Å². The van der Waals surface area contributed by atoms with E-state index in [1.165, 1.54) is 82.3 Å². The minimum atomic E-state index is 1.05. The topological polar surface area (TPSA) is 3.24 Å². The summed E-state index contributed by atoms with van der Waals surface area (Å²) in [5.74, 6) is 2.10. The maximum absolute atomic E-state index is 2.79. The molecule has 2 unspecified atom stereocenters. The summed E-state index contributed by atoms with van der Waals surface area (Å²) in [5, 5.41) is 0. The average Bonchev–Trinajstić information content (AvgIpc) is 2.76. The van der Waals surface area contributed by atoms with Gasteiger partial charge in [-0.3, -0.25) is 0 Å². The average molecular weight is 251 g/mol. The molecule has 3 fully saturated rings. The van der Waals surface area contributed by atoms with Crippen LogP contribution in [0.2, 0.25) is 0 Å². The Balaban J connectivity index is 1.40. The van der Waals surface area contributed by atoms with E-state index in [-0.39, 0.29) is 0 Å². The zero-order valence-corrected chi connectivity index (χ0v) is 12.2. The minimum absolute atomic E-state index is 1.05. The first-order valence-corrected chi connectivity index (χ1v) is 8.29. The van der Waals surface area contributed by atoms with Gasteiger partial charge in [-0.25, -0.2) is 0 Å². The number of hydrogen-bond donors (Lipinski definition) is 0. The van der Waals surface area contributed by atoms with Gasteiger partial charge in [-0.2, -0.15) is 0 Å². The Kier molecular flexibility index (Phi) is 3.95. The normalized spacial score (nSPS) is 35.8. The maximum atomic E-state index is 2.79. The fourth-order valence-corrected chi connectivity index (χ4v) is 4.72. The van der Waals surface area contributed by atoms with Gasteiger partial charge in [-0.05, 0) is 31.1 Å². The molecule has 104 valence electrons. The van der Waals surface area contributed by atoms with E-state index in [9.17, 15) is 0 Å². The number of nitrogens with zero attached hydrogens (tertiary/aromatic N) is 2. The van der Waals surface area contributed by atoms with E-state index < -0.39 is 0 Å². The molecule has 2 bridgehead atoms. The van der Waals surface area contributed by atoms with Crippen LogP contribution in [-0.4, -0.2) is 55.7 Å². The van der Waals surface area contributed by atoms with Crippen LogP contribution in [0, 0.1) is 11.8 Å². The van der Waals surface area contributed by atoms with Crippen LogP contribution in [0.3, 0.4) is 0 Å². The van der Waals surface area contributed by atoms with Crippen LogP contribution in [-0.2, 0) is 0 Å². The monoisotopic (exact) mass is 251 g/mol. The fraction of sp³-hybridized carbons (Fsp3) is 1.00. The Labute approximate surface area is 113 Å². The smallest absolute Gasteiger partial charge is 0.0796 e. The second-order valence-corrected chi connectivity index (χ2v) is 7.51. The lowest BCUT2D eigenvalue weighted by molar-refractivity contribution is -0.897. The summed E-state index contributed by atoms with van der Waals surface area (Å²) in [7, 11) is 2.47. The highest BCUT2D eigenvalue weighted by Gasteiger charge is 2.31. The maximum Gasteiger partial charge on any atom is 0.0796 e. The predicted molar refractivity (Wildman–Crippen MR) is 76.5 cm³/mol. The Hall–Kier alpha value is -0.0800. The molecule has 18 heavy (non-hydrogen) atoms. The number of hydrogen-bond acceptors (Lipinski definition) is 1. The van der Waals surface area contributed by atoms with Gasteiger partial charge in [0, 0.05) is 38.9 Å². The molecule has 3 aliphatic rings. The van der Waals surface area contributed by atoms with Crippen molar-refractivity contribution in [1.29, 1.82) is 0 Å². The molecule has 0 radical (unpaired) electrons. The van der Waals surface area contributed by atoms with Crippen molar-refractivity contribution >= 4 is 0 Å². The summed E-state index contributed by atoms with van der Waals surface area (Å²) in [6.45, 7) is 8.50. The van der Waals surface area contributed by atoms with Crippen LogP contribution < -0.4 is 0 Å². The lowest BCUT2D eigenvalue weighted by Crippen LogP contribution is -2.46. The fourth-order valence-electron chi connectivity index (χ4n) is 4.72. The second-order valence-electron chi connectivity index (χ2n) is 7.51. The van der Waals surface area contributed by atoms with Crippen molar-refractivity contribution in [2.45, 2.75) is 44.9 Å². The molecule has 2 nitrogen and oxygen atoms in total. The van der Waals surface area contributed by atoms with Crippen LogP contribution in [0.5, 0.6) is 0 Å². The standard InChI is InChI=1S/C16H31N2/c1-18(9-2-3-10-18)11-5-8-17-13-15-6-4-7-16(12-15)14-17/h15-16H,2-14H2,1H3/q+1. The van der Waals surface area contributed by atoms with Gasteiger partial charge in [-0.15, -0.1) is 0 Å². The number of fused-ring (bicyclic) bond motifs is 2. The number of piperidine rings is 1. The van der Waals surface area contributed by atoms with E-state index in [2.05, 4.69) is 11.9 Å². The molecule has 0 N–H and O–H groups in total. The minimum Gasteiger partial charge on any atom is -0.326 e. The molecule has 1 aliphatic carbocycles. The Morgan fingerprint density at radius 3 is 2.33 bits per heavy atom. The summed E-state index contributed by atoms with van der Waals surface area (Å²) >= 11 is 0. The molecule has 2 atom stereocenters. The lowest BCUT2D eigenvalue weighted by atomic mass is 9.78. The zero-order chi connectivity index (χ0) is 12.4. The quantitative estimate of drug-likeness (QED) is 0.695. The van der Waals surface area contributed by atoms with E-state index in [1.807, 2.05) is 0 Å². The van der Waals surface area contributed by atoms with Crippen molar-refractivity contribution in [3.63, 3.8) is 0 Å². The van der Waals surface area contributed by atoms with Crippen LogP contribution in [0.15, 0.2) is 0 Å². The number of quaternary nitrogens is 1. The van der Waals surface area contributed by atoms with Gasteiger partial charge in [0.2, 0.25) is 0 Å². The molecular weight excluding hydrogens is 220 g/mol. The van der Waals surface area contributed by atoms with Crippen molar-refractivity contribution in [3.05, 3.63) is 0 Å². The summed E-state index contributed by atoms with van der Waals surface area (Å²) < 4.78 is 1.36. The van der Waals surface area contributed by atoms with E-state index in [1.54, 1.807) is 6.42 Å². The van der Waals surface area contributed by atoms with Crippen molar-refractivity contribution in [2.24, 2.45) is 11.8 Å². The third kappa shape index (κ3) is 3.08. The highest BCUT2D eigenvalue weighted by Crippen LogP contribution is 2.34. The number of likely N-dealkylation sites (tertiary alicyclic amines) is 2. The van der Waals surface area contributed by atoms with Gasteiger partial charge >= 0.3 is 0 Å². The molecule has 0 aromatic rings. The van der Waals surface area contributed by atoms with Crippen LogP contribution >= 0.6 is 0 Å². The molecule has 2 heterocycles. The van der Waals surface area contributed by atoms with Gasteiger partial charge < -0.3 is 9.38 Å². The predicted octanol–water partition coefficient (Wildman–Crippen LogP) is 2.74. The Morgan fingerprint density at radius 2 is 1.67 bits per heavy atom. The molecule has 2 saturated heterocycles. The SMILES string of the molecule is C[N+]1(CCCN2CC3CCCC(C3)C2)CCCC1. The highest BCUT2D eigenvalue weighted by atomic mass is 15.3. The van der Waals surface area contributed by atoms with E-state index in [0.717, 1.165) is 11.8 Å².